The van der Waals surface area contributed by atoms with Gasteiger partial charge in [-0.25, -0.2) is 9.78 Å². The smallest absolute Gasteiger partial charge is 0.378 e. The van der Waals surface area contributed by atoms with Gasteiger partial charge < -0.3 is 10.1 Å². The summed E-state index contributed by atoms with van der Waals surface area (Å²) in [6, 6.07) is 7.80. The highest BCUT2D eigenvalue weighted by molar-refractivity contribution is 6.39. The van der Waals surface area contributed by atoms with Crippen molar-refractivity contribution in [1.29, 1.82) is 0 Å². The molecular weight excluding hydrogens is 244 g/mol. The van der Waals surface area contributed by atoms with E-state index >= 15 is 0 Å². The van der Waals surface area contributed by atoms with Gasteiger partial charge in [0.15, 0.2) is 0 Å². The highest BCUT2D eigenvalue weighted by atomic mass is 16.4. The Kier molecular flexibility index (Phi) is 3.75. The van der Waals surface area contributed by atoms with Gasteiger partial charge in [0.05, 0.1) is 6.20 Å². The molecule has 1 heterocycles. The number of ketones is 1. The Morgan fingerprint density at radius 3 is 2.53 bits per heavy atom. The summed E-state index contributed by atoms with van der Waals surface area (Å²) < 4.78 is 0. The molecule has 1 aromatic heterocycles. The Morgan fingerprint density at radius 1 is 1.26 bits per heavy atom. The second-order valence-electron chi connectivity index (χ2n) is 4.23. The lowest BCUT2D eigenvalue weighted by molar-refractivity contribution is -0.131. The van der Waals surface area contributed by atoms with Gasteiger partial charge in [-0.05, 0) is 12.0 Å². The second kappa shape index (κ2) is 5.48. The van der Waals surface area contributed by atoms with Crippen LogP contribution >= 0.6 is 0 Å². The molecule has 2 N–H and O–H groups in total. The number of carbonyl (C=O) groups is 2. The summed E-state index contributed by atoms with van der Waals surface area (Å²) in [7, 11) is 0. The minimum Gasteiger partial charge on any atom is -0.475 e. The molecule has 0 fully saturated rings. The molecule has 19 heavy (non-hydrogen) atoms. The number of aromatic nitrogens is 2. The third-order valence-corrected chi connectivity index (χ3v) is 2.78. The first-order chi connectivity index (χ1) is 9.11. The Balaban J connectivity index is 2.23. The standard InChI is InChI=1S/C14H14N2O3/c1-2-3-9-4-6-10(7-5-9)13-15-8-11(16-13)12(17)14(18)19/h4-8H,2-3H2,1H3,(H,15,16)(H,18,19). The predicted molar refractivity (Wildman–Crippen MR) is 70.0 cm³/mol. The summed E-state index contributed by atoms with van der Waals surface area (Å²) in [6.45, 7) is 2.12. The van der Waals surface area contributed by atoms with Crippen LogP contribution in [0.2, 0.25) is 0 Å². The van der Waals surface area contributed by atoms with E-state index in [4.69, 9.17) is 5.11 Å². The molecule has 0 bridgehead atoms. The van der Waals surface area contributed by atoms with E-state index in [9.17, 15) is 9.59 Å². The molecule has 0 saturated heterocycles. The predicted octanol–water partition coefficient (Wildman–Crippen LogP) is 2.30. The first-order valence-electron chi connectivity index (χ1n) is 6.03. The molecule has 5 nitrogen and oxygen atoms in total. The van der Waals surface area contributed by atoms with Crippen molar-refractivity contribution in [2.24, 2.45) is 0 Å². The number of rotatable bonds is 5. The van der Waals surface area contributed by atoms with Crippen molar-refractivity contribution in [3.63, 3.8) is 0 Å². The van der Waals surface area contributed by atoms with Crippen LogP contribution < -0.4 is 0 Å². The van der Waals surface area contributed by atoms with Crippen molar-refractivity contribution < 1.29 is 14.7 Å². The van der Waals surface area contributed by atoms with Gasteiger partial charge in [-0.1, -0.05) is 37.6 Å². The van der Waals surface area contributed by atoms with E-state index in [1.807, 2.05) is 24.3 Å². The molecular formula is C14H14N2O3. The molecule has 0 unspecified atom stereocenters. The fraction of sp³-hybridized carbons (Fsp3) is 0.214. The van der Waals surface area contributed by atoms with E-state index < -0.39 is 11.8 Å². The zero-order valence-electron chi connectivity index (χ0n) is 10.5. The number of imidazole rings is 1. The van der Waals surface area contributed by atoms with Crippen molar-refractivity contribution in [2.75, 3.05) is 0 Å². The van der Waals surface area contributed by atoms with Crippen LogP contribution in [0.1, 0.15) is 29.4 Å². The number of hydrogen-bond donors (Lipinski definition) is 2. The number of Topliss-reactive ketones (excluding diaryl/α,β-unsaturated/α-hetero) is 1. The van der Waals surface area contributed by atoms with Gasteiger partial charge in [-0.15, -0.1) is 0 Å². The van der Waals surface area contributed by atoms with Gasteiger partial charge in [0.1, 0.15) is 11.5 Å². The largest absolute Gasteiger partial charge is 0.475 e. The highest BCUT2D eigenvalue weighted by Gasteiger charge is 2.17. The van der Waals surface area contributed by atoms with Crippen LogP contribution in [0.5, 0.6) is 0 Å². The number of nitrogens with zero attached hydrogens (tertiary/aromatic N) is 1. The number of H-pyrrole nitrogens is 1. The van der Waals surface area contributed by atoms with Crippen LogP contribution in [0.15, 0.2) is 30.5 Å². The number of aliphatic carboxylic acids is 1. The summed E-state index contributed by atoms with van der Waals surface area (Å²) in [5, 5.41) is 8.61. The van der Waals surface area contributed by atoms with E-state index in [0.29, 0.717) is 5.82 Å². The SMILES string of the molecule is CCCc1ccc(-c2ncc(C(=O)C(=O)O)[nH]2)cc1. The number of carbonyl (C=O) groups excluding carboxylic acids is 1. The van der Waals surface area contributed by atoms with Gasteiger partial charge in [0.25, 0.3) is 5.78 Å². The van der Waals surface area contributed by atoms with Crippen molar-refractivity contribution in [3.05, 3.63) is 41.7 Å². The molecule has 0 aliphatic heterocycles. The van der Waals surface area contributed by atoms with Gasteiger partial charge in [-0.2, -0.15) is 0 Å². The lowest BCUT2D eigenvalue weighted by atomic mass is 10.1. The van der Waals surface area contributed by atoms with Crippen LogP contribution in [-0.4, -0.2) is 26.8 Å². The lowest BCUT2D eigenvalue weighted by Gasteiger charge is -2.00. The minimum absolute atomic E-state index is 0.0138. The monoisotopic (exact) mass is 258 g/mol. The molecule has 0 atom stereocenters. The highest BCUT2D eigenvalue weighted by Crippen LogP contribution is 2.17. The Bertz CT molecular complexity index is 599. The molecule has 0 saturated carbocycles. The topological polar surface area (TPSA) is 83.1 Å². The van der Waals surface area contributed by atoms with E-state index in [1.54, 1.807) is 0 Å². The zero-order chi connectivity index (χ0) is 13.8. The zero-order valence-corrected chi connectivity index (χ0v) is 10.5. The van der Waals surface area contributed by atoms with Crippen molar-refractivity contribution in [2.45, 2.75) is 19.8 Å². The van der Waals surface area contributed by atoms with Crippen molar-refractivity contribution in [3.8, 4) is 11.4 Å². The average molecular weight is 258 g/mol. The van der Waals surface area contributed by atoms with Crippen LogP contribution in [0.3, 0.4) is 0 Å². The van der Waals surface area contributed by atoms with Gasteiger partial charge >= 0.3 is 5.97 Å². The van der Waals surface area contributed by atoms with E-state index in [-0.39, 0.29) is 5.69 Å². The molecule has 2 rings (SSSR count). The lowest BCUT2D eigenvalue weighted by Crippen LogP contribution is -2.12. The maximum absolute atomic E-state index is 11.3. The number of aryl methyl sites for hydroxylation is 1. The number of carboxylic acid groups (broad SMARTS) is 1. The molecule has 2 aromatic rings. The molecule has 0 aliphatic carbocycles. The van der Waals surface area contributed by atoms with E-state index in [2.05, 4.69) is 16.9 Å². The van der Waals surface area contributed by atoms with Gasteiger partial charge in [-0.3, -0.25) is 4.79 Å². The molecule has 0 aliphatic rings. The van der Waals surface area contributed by atoms with E-state index in [0.717, 1.165) is 18.4 Å². The number of nitrogens with one attached hydrogen (secondary N) is 1. The molecule has 0 spiro atoms. The third-order valence-electron chi connectivity index (χ3n) is 2.78. The fourth-order valence-electron chi connectivity index (χ4n) is 1.82. The summed E-state index contributed by atoms with van der Waals surface area (Å²) >= 11 is 0. The third kappa shape index (κ3) is 2.88. The molecule has 0 radical (unpaired) electrons. The van der Waals surface area contributed by atoms with Gasteiger partial charge in [0.2, 0.25) is 0 Å². The maximum Gasteiger partial charge on any atom is 0.378 e. The molecule has 98 valence electrons. The summed E-state index contributed by atoms with van der Waals surface area (Å²) in [5.74, 6) is -1.98. The number of aromatic amines is 1. The minimum atomic E-state index is -1.49. The number of benzene rings is 1. The average Bonchev–Trinajstić information content (AvgIpc) is 2.88. The summed E-state index contributed by atoms with van der Waals surface area (Å²) in [4.78, 5) is 28.6. The molecule has 1 aromatic carbocycles. The summed E-state index contributed by atoms with van der Waals surface area (Å²) in [6.07, 6.45) is 3.34. The fourth-order valence-corrected chi connectivity index (χ4v) is 1.82. The first kappa shape index (κ1) is 13.0. The molecule has 0 amide bonds. The Morgan fingerprint density at radius 2 is 1.95 bits per heavy atom. The van der Waals surface area contributed by atoms with Crippen LogP contribution in [-0.2, 0) is 11.2 Å². The Labute approximate surface area is 110 Å². The second-order valence-corrected chi connectivity index (χ2v) is 4.23. The summed E-state index contributed by atoms with van der Waals surface area (Å²) in [5.41, 5.74) is 2.05. The van der Waals surface area contributed by atoms with Crippen LogP contribution in [0.4, 0.5) is 0 Å². The van der Waals surface area contributed by atoms with Crippen LogP contribution in [0, 0.1) is 0 Å². The maximum atomic E-state index is 11.3. The van der Waals surface area contributed by atoms with E-state index in [1.165, 1.54) is 11.8 Å². The number of hydrogen-bond acceptors (Lipinski definition) is 3. The van der Waals surface area contributed by atoms with Crippen molar-refractivity contribution in [1.82, 2.24) is 9.97 Å². The number of carboxylic acids is 1. The van der Waals surface area contributed by atoms with Crippen LogP contribution in [0.25, 0.3) is 11.4 Å². The van der Waals surface area contributed by atoms with Crippen molar-refractivity contribution >= 4 is 11.8 Å². The first-order valence-corrected chi connectivity index (χ1v) is 6.03. The molecule has 5 heteroatoms. The quantitative estimate of drug-likeness (QED) is 0.636. The van der Waals surface area contributed by atoms with Gasteiger partial charge in [0, 0.05) is 5.56 Å². The normalized spacial score (nSPS) is 10.4. The Hall–Kier alpha value is -2.43.